The van der Waals surface area contributed by atoms with Crippen molar-refractivity contribution < 1.29 is 9.59 Å². The molecule has 3 aliphatic heterocycles. The van der Waals surface area contributed by atoms with Crippen LogP contribution in [0.25, 0.3) is 0 Å². The van der Waals surface area contributed by atoms with E-state index in [-0.39, 0.29) is 22.7 Å². The first-order valence-electron chi connectivity index (χ1n) is 12.0. The van der Waals surface area contributed by atoms with Crippen LogP contribution in [-0.4, -0.2) is 76.8 Å². The van der Waals surface area contributed by atoms with Crippen molar-refractivity contribution in [2.24, 2.45) is 10.7 Å². The Bertz CT molecular complexity index is 890. The van der Waals surface area contributed by atoms with Gasteiger partial charge in [0.2, 0.25) is 0 Å². The molecule has 7 nitrogen and oxygen atoms in total. The molecule has 9 heteroatoms. The fraction of sp³-hybridized carbons (Fsp3) is 0.560. The molecule has 2 unspecified atom stereocenters. The minimum Gasteiger partial charge on any atom is -0.397 e. The summed E-state index contributed by atoms with van der Waals surface area (Å²) in [5.41, 5.74) is 8.63. The summed E-state index contributed by atoms with van der Waals surface area (Å²) < 4.78 is 0. The maximum Gasteiger partial charge on any atom is 0.256 e. The van der Waals surface area contributed by atoms with Crippen LogP contribution in [0.2, 0.25) is 0 Å². The molecule has 3 aliphatic rings. The van der Waals surface area contributed by atoms with Crippen LogP contribution >= 0.6 is 31.9 Å². The lowest BCUT2D eigenvalue weighted by Crippen LogP contribution is -2.49. The van der Waals surface area contributed by atoms with Gasteiger partial charge in [-0.2, -0.15) is 0 Å². The molecular weight excluding hydrogens is 562 g/mol. The third-order valence-corrected chi connectivity index (χ3v) is 7.41. The lowest BCUT2D eigenvalue weighted by molar-refractivity contribution is -0.128. The summed E-state index contributed by atoms with van der Waals surface area (Å²) in [5.74, 6) is -0.0560. The van der Waals surface area contributed by atoms with Gasteiger partial charge >= 0.3 is 0 Å². The van der Waals surface area contributed by atoms with Gasteiger partial charge in [0.1, 0.15) is 0 Å². The number of nitrogens with zero attached hydrogens (tertiary/aromatic N) is 3. The van der Waals surface area contributed by atoms with Gasteiger partial charge in [-0.1, -0.05) is 50.6 Å². The molecular formula is C25H35Br2N5O2. The molecule has 0 aliphatic carbocycles. The van der Waals surface area contributed by atoms with Gasteiger partial charge in [0, 0.05) is 55.1 Å². The number of carbonyl (C=O) groups excluding carboxylic acids is 2. The minimum absolute atomic E-state index is 0.00978. The highest BCUT2D eigenvalue weighted by atomic mass is 79.9. The Morgan fingerprint density at radius 3 is 2.62 bits per heavy atom. The van der Waals surface area contributed by atoms with Crippen molar-refractivity contribution in [1.82, 2.24) is 15.1 Å². The fourth-order valence-corrected chi connectivity index (χ4v) is 5.38. The van der Waals surface area contributed by atoms with E-state index in [2.05, 4.69) is 48.7 Å². The number of amides is 2. The summed E-state index contributed by atoms with van der Waals surface area (Å²) >= 11 is 7.01. The number of hydrogen-bond donors (Lipinski definition) is 2. The van der Waals surface area contributed by atoms with E-state index in [0.29, 0.717) is 47.5 Å². The normalized spacial score (nSPS) is 24.6. The smallest absolute Gasteiger partial charge is 0.256 e. The van der Waals surface area contributed by atoms with Crippen LogP contribution in [0, 0.1) is 0 Å². The number of halogens is 2. The van der Waals surface area contributed by atoms with Crippen LogP contribution in [0.15, 0.2) is 52.3 Å². The largest absolute Gasteiger partial charge is 0.397 e. The van der Waals surface area contributed by atoms with Crippen LogP contribution < -0.4 is 11.1 Å². The SMILES string of the molecule is C=C/C(C(=O)N1CCCCC1)=C(NC1CCCN(C(=O)C2=CC(Br)CCN=C2)C1)\C(N)=C/CBr. The Labute approximate surface area is 219 Å². The molecule has 0 saturated carbocycles. The predicted molar refractivity (Wildman–Crippen MR) is 145 cm³/mol. The Morgan fingerprint density at radius 2 is 1.91 bits per heavy atom. The van der Waals surface area contributed by atoms with Gasteiger partial charge in [0.05, 0.1) is 22.5 Å². The topological polar surface area (TPSA) is 91.0 Å². The van der Waals surface area contributed by atoms with Gasteiger partial charge in [-0.05, 0) is 44.6 Å². The zero-order valence-electron chi connectivity index (χ0n) is 19.6. The molecule has 3 N–H and O–H groups in total. The van der Waals surface area contributed by atoms with Gasteiger partial charge in [-0.15, -0.1) is 0 Å². The zero-order chi connectivity index (χ0) is 24.5. The summed E-state index contributed by atoms with van der Waals surface area (Å²) in [7, 11) is 0. The molecule has 3 rings (SSSR count). The number of aliphatic imine (C=N–C) groups is 1. The molecule has 0 aromatic rings. The Hall–Kier alpha value is -1.87. The highest BCUT2D eigenvalue weighted by Gasteiger charge is 2.29. The predicted octanol–water partition coefficient (Wildman–Crippen LogP) is 3.42. The lowest BCUT2D eigenvalue weighted by atomic mass is 10.0. The van der Waals surface area contributed by atoms with Gasteiger partial charge in [0.15, 0.2) is 0 Å². The van der Waals surface area contributed by atoms with Crippen molar-refractivity contribution in [2.75, 3.05) is 38.1 Å². The second-order valence-corrected chi connectivity index (χ2v) is 10.7. The van der Waals surface area contributed by atoms with Gasteiger partial charge in [0.25, 0.3) is 11.8 Å². The second-order valence-electron chi connectivity index (χ2n) is 8.86. The molecule has 0 bridgehead atoms. The Kier molecular flexibility index (Phi) is 10.4. The molecule has 186 valence electrons. The molecule has 3 heterocycles. The standard InChI is InChI=1S/C25H35Br2N5O2/c1-2-21(25(34)31-12-4-3-5-13-31)23(22(28)8-10-26)30-20-7-6-14-32(17-20)24(33)18-15-19(27)9-11-29-16-18/h2,8,15-16,19-20,30H,1,3-7,9-14,17,28H2/b22-8+,23-21-. The van der Waals surface area contributed by atoms with Crippen molar-refractivity contribution in [3.05, 3.63) is 47.3 Å². The summed E-state index contributed by atoms with van der Waals surface area (Å²) in [6.07, 6.45) is 12.9. The number of carbonyl (C=O) groups is 2. The molecule has 34 heavy (non-hydrogen) atoms. The first kappa shape index (κ1) is 26.7. The molecule has 0 radical (unpaired) electrons. The number of rotatable bonds is 7. The van der Waals surface area contributed by atoms with Gasteiger partial charge < -0.3 is 20.9 Å². The Morgan fingerprint density at radius 1 is 1.18 bits per heavy atom. The number of nitrogens with two attached hydrogens (primary N) is 1. The van der Waals surface area contributed by atoms with Crippen LogP contribution in [0.5, 0.6) is 0 Å². The van der Waals surface area contributed by atoms with Crippen LogP contribution in [-0.2, 0) is 9.59 Å². The summed E-state index contributed by atoms with van der Waals surface area (Å²) in [6.45, 7) is 7.36. The van der Waals surface area contributed by atoms with E-state index in [1.807, 2.05) is 22.0 Å². The lowest BCUT2D eigenvalue weighted by Gasteiger charge is -2.35. The van der Waals surface area contributed by atoms with E-state index in [0.717, 1.165) is 51.6 Å². The maximum atomic E-state index is 13.3. The fourth-order valence-electron chi connectivity index (χ4n) is 4.54. The monoisotopic (exact) mass is 595 g/mol. The quantitative estimate of drug-likeness (QED) is 0.268. The van der Waals surface area contributed by atoms with Crippen molar-refractivity contribution in [1.29, 1.82) is 0 Å². The van der Waals surface area contributed by atoms with E-state index in [1.54, 1.807) is 12.3 Å². The summed E-state index contributed by atoms with van der Waals surface area (Å²) in [4.78, 5) is 34.8. The van der Waals surface area contributed by atoms with Crippen molar-refractivity contribution in [3.8, 4) is 0 Å². The van der Waals surface area contributed by atoms with Crippen LogP contribution in [0.4, 0.5) is 0 Å². The minimum atomic E-state index is -0.0463. The van der Waals surface area contributed by atoms with E-state index < -0.39 is 0 Å². The van der Waals surface area contributed by atoms with Crippen molar-refractivity contribution >= 4 is 49.9 Å². The number of piperidine rings is 2. The van der Waals surface area contributed by atoms with Crippen LogP contribution in [0.3, 0.4) is 0 Å². The summed E-state index contributed by atoms with van der Waals surface area (Å²) in [5, 5.41) is 4.08. The first-order chi connectivity index (χ1) is 16.4. The number of likely N-dealkylation sites (tertiary alicyclic amines) is 2. The average Bonchev–Trinajstić information content (AvgIpc) is 3.08. The zero-order valence-corrected chi connectivity index (χ0v) is 22.8. The van der Waals surface area contributed by atoms with Crippen LogP contribution in [0.1, 0.15) is 38.5 Å². The van der Waals surface area contributed by atoms with E-state index in [4.69, 9.17) is 5.73 Å². The first-order valence-corrected chi connectivity index (χ1v) is 14.1. The molecule has 2 saturated heterocycles. The molecule has 0 spiro atoms. The number of allylic oxidation sites excluding steroid dienone is 2. The highest BCUT2D eigenvalue weighted by molar-refractivity contribution is 9.09. The maximum absolute atomic E-state index is 13.3. The molecule has 2 atom stereocenters. The van der Waals surface area contributed by atoms with E-state index in [9.17, 15) is 9.59 Å². The third-order valence-electron chi connectivity index (χ3n) is 6.36. The average molecular weight is 597 g/mol. The second kappa shape index (κ2) is 13.3. The Balaban J connectivity index is 1.81. The number of alkyl halides is 2. The molecule has 2 fully saturated rings. The summed E-state index contributed by atoms with van der Waals surface area (Å²) in [6, 6.07) is -0.0258. The van der Waals surface area contributed by atoms with Crippen molar-refractivity contribution in [2.45, 2.75) is 49.4 Å². The van der Waals surface area contributed by atoms with Gasteiger partial charge in [-0.25, -0.2) is 0 Å². The van der Waals surface area contributed by atoms with Crippen molar-refractivity contribution in [3.63, 3.8) is 0 Å². The third kappa shape index (κ3) is 7.07. The highest BCUT2D eigenvalue weighted by Crippen LogP contribution is 2.21. The molecule has 2 amide bonds. The van der Waals surface area contributed by atoms with E-state index in [1.165, 1.54) is 0 Å². The molecule has 0 aromatic carbocycles. The number of nitrogens with one attached hydrogen (secondary N) is 1. The number of hydrogen-bond acceptors (Lipinski definition) is 5. The van der Waals surface area contributed by atoms with Gasteiger partial charge in [-0.3, -0.25) is 14.6 Å². The molecule has 0 aromatic heterocycles. The van der Waals surface area contributed by atoms with E-state index >= 15 is 0 Å².